The van der Waals surface area contributed by atoms with Crippen LogP contribution in [0.15, 0.2) is 57.2 Å². The fourth-order valence-corrected chi connectivity index (χ4v) is 3.96. The van der Waals surface area contributed by atoms with Gasteiger partial charge in [0.05, 0.1) is 11.4 Å². The van der Waals surface area contributed by atoms with E-state index in [9.17, 15) is 0 Å². The average molecular weight is 287 g/mol. The van der Waals surface area contributed by atoms with E-state index in [4.69, 9.17) is 0 Å². The number of anilines is 2. The minimum absolute atomic E-state index is 0.729. The van der Waals surface area contributed by atoms with E-state index < -0.39 is 0 Å². The van der Waals surface area contributed by atoms with Crippen LogP contribution in [0, 0.1) is 5.92 Å². The van der Waals surface area contributed by atoms with Crippen LogP contribution in [0.5, 0.6) is 0 Å². The number of hydrogen-bond donors (Lipinski definition) is 1. The molecule has 1 heterocycles. The van der Waals surface area contributed by atoms with Crippen molar-refractivity contribution in [3.8, 4) is 0 Å². The van der Waals surface area contributed by atoms with Crippen LogP contribution in [0.4, 0.5) is 11.4 Å². The Morgan fingerprint density at radius 3 is 2.68 bits per heavy atom. The minimum Gasteiger partial charge on any atom is -0.354 e. The summed E-state index contributed by atoms with van der Waals surface area (Å²) in [5, 5.41) is 3.50. The zero-order chi connectivity index (χ0) is 13.2. The monoisotopic (exact) mass is 287 g/mol. The van der Waals surface area contributed by atoms with E-state index in [1.54, 1.807) is 0 Å². The molecule has 0 bridgehead atoms. The summed E-state index contributed by atoms with van der Waals surface area (Å²) >= 11 is 3.80. The van der Waals surface area contributed by atoms with E-state index in [0.717, 1.165) is 5.92 Å². The first kappa shape index (κ1) is 12.9. The third kappa shape index (κ3) is 2.93. The van der Waals surface area contributed by atoms with Gasteiger partial charge in [0, 0.05) is 20.4 Å². The van der Waals surface area contributed by atoms with Gasteiger partial charge >= 0.3 is 0 Å². The van der Waals surface area contributed by atoms with E-state index >= 15 is 0 Å². The minimum atomic E-state index is 0.729. The molecule has 0 unspecified atom stereocenters. The molecule has 0 saturated carbocycles. The number of nitrogens with one attached hydrogen (secondary N) is 1. The lowest BCUT2D eigenvalue weighted by molar-refractivity contribution is 0.750. The van der Waals surface area contributed by atoms with Gasteiger partial charge in [-0.05, 0) is 36.2 Å². The van der Waals surface area contributed by atoms with E-state index in [0.29, 0.717) is 0 Å². The summed E-state index contributed by atoms with van der Waals surface area (Å²) < 4.78 is 0. The predicted octanol–water partition coefficient (Wildman–Crippen LogP) is 5.64. The smallest absolute Gasteiger partial charge is 0.0527 e. The van der Waals surface area contributed by atoms with Crippen molar-refractivity contribution in [1.29, 1.82) is 0 Å². The highest BCUT2D eigenvalue weighted by Crippen LogP contribution is 2.45. The van der Waals surface area contributed by atoms with Crippen LogP contribution in [0.1, 0.15) is 13.8 Å². The van der Waals surface area contributed by atoms with Gasteiger partial charge in [-0.2, -0.15) is 0 Å². The molecule has 0 fully saturated rings. The zero-order valence-corrected chi connectivity index (χ0v) is 12.8. The van der Waals surface area contributed by atoms with Gasteiger partial charge in [0.15, 0.2) is 0 Å². The molecule has 0 amide bonds. The van der Waals surface area contributed by atoms with Crippen LogP contribution in [0.2, 0.25) is 0 Å². The summed E-state index contributed by atoms with van der Waals surface area (Å²) in [5.74, 6) is 1.90. The first-order valence-electron chi connectivity index (χ1n) is 6.53. The molecule has 0 atom stereocenters. The summed E-state index contributed by atoms with van der Waals surface area (Å²) in [4.78, 5) is 3.99. The van der Waals surface area contributed by atoms with Crippen LogP contribution in [-0.2, 0) is 0 Å². The third-order valence-corrected chi connectivity index (χ3v) is 5.47. The maximum absolute atomic E-state index is 3.50. The summed E-state index contributed by atoms with van der Waals surface area (Å²) in [5.41, 5.74) is 2.43. The maximum atomic E-state index is 3.50. The van der Waals surface area contributed by atoms with Crippen molar-refractivity contribution >= 4 is 34.9 Å². The van der Waals surface area contributed by atoms with E-state index in [-0.39, 0.29) is 0 Å². The molecule has 0 aromatic heterocycles. The zero-order valence-electron chi connectivity index (χ0n) is 11.1. The van der Waals surface area contributed by atoms with Gasteiger partial charge in [0.1, 0.15) is 0 Å². The average Bonchev–Trinajstić information content (AvgIpc) is 2.42. The molecule has 1 aliphatic rings. The summed E-state index contributed by atoms with van der Waals surface area (Å²) in [6.45, 7) is 4.52. The van der Waals surface area contributed by atoms with Crippen molar-refractivity contribution in [2.75, 3.05) is 11.1 Å². The van der Waals surface area contributed by atoms with Gasteiger partial charge in [0.25, 0.3) is 0 Å². The highest BCUT2D eigenvalue weighted by molar-refractivity contribution is 8.00. The molecule has 0 radical (unpaired) electrons. The fraction of sp³-hybridized carbons (Fsp3) is 0.250. The quantitative estimate of drug-likeness (QED) is 0.626. The van der Waals surface area contributed by atoms with Crippen molar-refractivity contribution in [3.63, 3.8) is 0 Å². The molecule has 3 heteroatoms. The highest BCUT2D eigenvalue weighted by atomic mass is 32.2. The molecule has 1 nitrogen and oxygen atoms in total. The molecule has 2 aromatic rings. The maximum Gasteiger partial charge on any atom is 0.0527 e. The molecule has 0 spiro atoms. The lowest BCUT2D eigenvalue weighted by Crippen LogP contribution is -1.99. The second kappa shape index (κ2) is 5.51. The molecule has 3 rings (SSSR count). The molecule has 1 N–H and O–H groups in total. The Kier molecular flexibility index (Phi) is 3.76. The number of para-hydroxylation sites is 1. The SMILES string of the molecule is CC(C)CSc1ccc2c(c1)Sc1ccccc1N2. The molecule has 19 heavy (non-hydrogen) atoms. The Bertz CT molecular complexity index is 593. The van der Waals surface area contributed by atoms with Crippen molar-refractivity contribution < 1.29 is 0 Å². The molecular formula is C16H17NS2. The number of rotatable bonds is 3. The molecule has 0 aliphatic carbocycles. The Hall–Kier alpha value is -1.06. The number of hydrogen-bond acceptors (Lipinski definition) is 3. The van der Waals surface area contributed by atoms with E-state index in [2.05, 4.69) is 61.6 Å². The largest absolute Gasteiger partial charge is 0.354 e. The Labute approximate surface area is 123 Å². The molecular weight excluding hydrogens is 270 g/mol. The van der Waals surface area contributed by atoms with Gasteiger partial charge in [-0.15, -0.1) is 11.8 Å². The highest BCUT2D eigenvalue weighted by Gasteiger charge is 2.15. The van der Waals surface area contributed by atoms with Crippen LogP contribution in [-0.4, -0.2) is 5.75 Å². The van der Waals surface area contributed by atoms with Crippen LogP contribution < -0.4 is 5.32 Å². The number of fused-ring (bicyclic) bond motifs is 2. The van der Waals surface area contributed by atoms with Crippen molar-refractivity contribution in [1.82, 2.24) is 0 Å². The lowest BCUT2D eigenvalue weighted by Gasteiger charge is -2.21. The third-order valence-electron chi connectivity index (χ3n) is 2.91. The first-order valence-corrected chi connectivity index (χ1v) is 8.33. The molecule has 0 saturated heterocycles. The van der Waals surface area contributed by atoms with Crippen molar-refractivity contribution in [2.45, 2.75) is 28.5 Å². The van der Waals surface area contributed by atoms with Gasteiger partial charge in [-0.3, -0.25) is 0 Å². The van der Waals surface area contributed by atoms with Crippen LogP contribution >= 0.6 is 23.5 Å². The van der Waals surface area contributed by atoms with Gasteiger partial charge in [-0.1, -0.05) is 37.7 Å². The Morgan fingerprint density at radius 1 is 1.05 bits per heavy atom. The number of benzene rings is 2. The molecule has 1 aliphatic heterocycles. The van der Waals surface area contributed by atoms with Gasteiger partial charge in [-0.25, -0.2) is 0 Å². The Morgan fingerprint density at radius 2 is 1.84 bits per heavy atom. The topological polar surface area (TPSA) is 12.0 Å². The number of thioether (sulfide) groups is 1. The normalized spacial score (nSPS) is 12.8. The fourth-order valence-electron chi connectivity index (χ4n) is 1.97. The Balaban J connectivity index is 1.84. The van der Waals surface area contributed by atoms with Gasteiger partial charge < -0.3 is 5.32 Å². The summed E-state index contributed by atoms with van der Waals surface area (Å²) in [6, 6.07) is 15.2. The second-order valence-corrected chi connectivity index (χ2v) is 7.26. The second-order valence-electron chi connectivity index (χ2n) is 5.09. The summed E-state index contributed by atoms with van der Waals surface area (Å²) in [7, 11) is 0. The van der Waals surface area contributed by atoms with Crippen molar-refractivity contribution in [3.05, 3.63) is 42.5 Å². The predicted molar refractivity (Wildman–Crippen MR) is 85.9 cm³/mol. The van der Waals surface area contributed by atoms with Crippen LogP contribution in [0.3, 0.4) is 0 Å². The first-order chi connectivity index (χ1) is 9.22. The van der Waals surface area contributed by atoms with Crippen LogP contribution in [0.25, 0.3) is 0 Å². The molecule has 2 aromatic carbocycles. The van der Waals surface area contributed by atoms with Gasteiger partial charge in [0.2, 0.25) is 0 Å². The standard InChI is InChI=1S/C16H17NS2/c1-11(2)10-18-12-7-8-14-16(9-12)19-15-6-4-3-5-13(15)17-14/h3-9,11,17H,10H2,1-2H3. The van der Waals surface area contributed by atoms with Crippen molar-refractivity contribution in [2.24, 2.45) is 5.92 Å². The lowest BCUT2D eigenvalue weighted by atomic mass is 10.2. The molecule has 98 valence electrons. The van der Waals surface area contributed by atoms with E-state index in [1.165, 1.54) is 31.8 Å². The summed E-state index contributed by atoms with van der Waals surface area (Å²) in [6.07, 6.45) is 0. The van der Waals surface area contributed by atoms with E-state index in [1.807, 2.05) is 23.5 Å².